The zero-order valence-corrected chi connectivity index (χ0v) is 41.6. The lowest BCUT2D eigenvalue weighted by Crippen LogP contribution is -2.62. The van der Waals surface area contributed by atoms with Crippen molar-refractivity contribution in [3.05, 3.63) is 193 Å². The monoisotopic (exact) mass is 942 g/mol. The molecule has 4 aliphatic rings. The van der Waals surface area contributed by atoms with Crippen molar-refractivity contribution in [2.24, 2.45) is 0 Å². The quantitative estimate of drug-likeness (QED) is 0.155. The summed E-state index contributed by atoms with van der Waals surface area (Å²) in [7, 11) is 0. The fourth-order valence-corrected chi connectivity index (χ4v) is 13.0. The van der Waals surface area contributed by atoms with Crippen LogP contribution in [0.3, 0.4) is 0 Å². The topological polar surface area (TPSA) is 36.9 Å². The summed E-state index contributed by atoms with van der Waals surface area (Å²) < 4.78 is 27.6. The van der Waals surface area contributed by atoms with Crippen LogP contribution >= 0.6 is 23.5 Å². The first-order valence-electron chi connectivity index (χ1n) is 24.1. The van der Waals surface area contributed by atoms with Crippen molar-refractivity contribution in [2.45, 2.75) is 72.0 Å². The van der Waals surface area contributed by atoms with E-state index in [0.717, 1.165) is 78.0 Å². The van der Waals surface area contributed by atoms with Crippen molar-refractivity contribution < 1.29 is 18.9 Å². The number of benzene rings is 9. The molecule has 70 heavy (non-hydrogen) atoms. The van der Waals surface area contributed by atoms with Gasteiger partial charge in [-0.3, -0.25) is 0 Å². The molecular formula is C62H48B2O4S2. The van der Waals surface area contributed by atoms with Gasteiger partial charge in [-0.25, -0.2) is 0 Å². The first-order valence-corrected chi connectivity index (χ1v) is 25.7. The van der Waals surface area contributed by atoms with Crippen LogP contribution in [0.15, 0.2) is 202 Å². The van der Waals surface area contributed by atoms with Crippen molar-refractivity contribution >= 4 is 69.7 Å². The van der Waals surface area contributed by atoms with E-state index in [9.17, 15) is 0 Å². The third-order valence-electron chi connectivity index (χ3n) is 14.1. The smallest absolute Gasteiger partial charge is 0.253 e. The maximum Gasteiger partial charge on any atom is 0.253 e. The fraction of sp³-hybridized carbons (Fsp3) is 0.129. The van der Waals surface area contributed by atoms with Gasteiger partial charge in [-0.05, 0) is 121 Å². The first kappa shape index (κ1) is 43.1. The molecule has 0 radical (unpaired) electrons. The lowest BCUT2D eigenvalue weighted by molar-refractivity contribution is 0.459. The molecule has 4 nitrogen and oxygen atoms in total. The van der Waals surface area contributed by atoms with Crippen LogP contribution in [0.2, 0.25) is 0 Å². The van der Waals surface area contributed by atoms with Crippen molar-refractivity contribution in [1.82, 2.24) is 0 Å². The van der Waals surface area contributed by atoms with E-state index in [4.69, 9.17) is 18.9 Å². The zero-order chi connectivity index (χ0) is 47.5. The highest BCUT2D eigenvalue weighted by Crippen LogP contribution is 2.46. The summed E-state index contributed by atoms with van der Waals surface area (Å²) in [5.41, 5.74) is 14.2. The summed E-state index contributed by atoms with van der Waals surface area (Å²) in [6, 6.07) is 64.8. The molecule has 0 atom stereocenters. The first-order chi connectivity index (χ1) is 33.9. The maximum absolute atomic E-state index is 7.01. The normalized spacial score (nSPS) is 13.6. The molecule has 4 aliphatic heterocycles. The molecule has 338 valence electrons. The Morgan fingerprint density at radius 1 is 0.343 bits per heavy atom. The SMILES string of the molecule is CC(C)(C)c1ccc2c(c1)Oc1cc(Oc3cccc(-c4ccccc4)c3)cc3c1B2c1cc2c(cc1S3)Sc1cc(Oc3cccc(-c4ccccc4)c3)cc3c1B2c1ccc(C(C)(C)C)cc1O3. The maximum atomic E-state index is 7.01. The van der Waals surface area contributed by atoms with Gasteiger partial charge in [0, 0.05) is 31.7 Å². The van der Waals surface area contributed by atoms with E-state index in [0.29, 0.717) is 0 Å². The molecule has 0 aromatic heterocycles. The lowest BCUT2D eigenvalue weighted by Gasteiger charge is -2.37. The van der Waals surface area contributed by atoms with Crippen LogP contribution in [0, 0.1) is 0 Å². The minimum absolute atomic E-state index is 0.0457. The Balaban J connectivity index is 0.946. The molecule has 0 unspecified atom stereocenters. The second-order valence-corrected chi connectivity index (χ2v) is 23.0. The van der Waals surface area contributed by atoms with Crippen molar-refractivity contribution in [3.8, 4) is 68.2 Å². The van der Waals surface area contributed by atoms with E-state index >= 15 is 0 Å². The minimum Gasteiger partial charge on any atom is -0.458 e. The van der Waals surface area contributed by atoms with Crippen molar-refractivity contribution in [3.63, 3.8) is 0 Å². The Kier molecular flexibility index (Phi) is 10.0. The second-order valence-electron chi connectivity index (χ2n) is 20.9. The Bertz CT molecular complexity index is 3360. The Morgan fingerprint density at radius 2 is 0.771 bits per heavy atom. The zero-order valence-electron chi connectivity index (χ0n) is 39.9. The molecule has 13 rings (SSSR count). The van der Waals surface area contributed by atoms with E-state index in [-0.39, 0.29) is 24.3 Å². The molecule has 9 aromatic carbocycles. The summed E-state index contributed by atoms with van der Waals surface area (Å²) in [5.74, 6) is 6.50. The highest BCUT2D eigenvalue weighted by Gasteiger charge is 2.45. The predicted octanol–water partition coefficient (Wildman–Crippen LogP) is 13.4. The van der Waals surface area contributed by atoms with Gasteiger partial charge in [0.05, 0.1) is 0 Å². The molecule has 0 bridgehead atoms. The van der Waals surface area contributed by atoms with Crippen LogP contribution in [0.5, 0.6) is 46.0 Å². The second kappa shape index (κ2) is 16.3. The van der Waals surface area contributed by atoms with Crippen LogP contribution in [0.25, 0.3) is 22.3 Å². The average molecular weight is 943 g/mol. The largest absolute Gasteiger partial charge is 0.458 e. The predicted molar refractivity (Wildman–Crippen MR) is 291 cm³/mol. The van der Waals surface area contributed by atoms with Gasteiger partial charge in [-0.15, -0.1) is 0 Å². The van der Waals surface area contributed by atoms with Crippen LogP contribution < -0.4 is 51.7 Å². The number of ether oxygens (including phenoxy) is 4. The van der Waals surface area contributed by atoms with Crippen LogP contribution in [-0.4, -0.2) is 13.4 Å². The molecule has 0 fully saturated rings. The molecule has 8 heteroatoms. The number of rotatable bonds is 6. The highest BCUT2D eigenvalue weighted by atomic mass is 32.2. The van der Waals surface area contributed by atoms with Gasteiger partial charge in [0.15, 0.2) is 0 Å². The third-order valence-corrected chi connectivity index (χ3v) is 16.4. The van der Waals surface area contributed by atoms with Gasteiger partial charge in [0.25, 0.3) is 13.4 Å². The molecule has 0 spiro atoms. The third kappa shape index (κ3) is 7.51. The van der Waals surface area contributed by atoms with Gasteiger partial charge < -0.3 is 18.9 Å². The molecule has 0 N–H and O–H groups in total. The summed E-state index contributed by atoms with van der Waals surface area (Å²) in [6.07, 6.45) is 0. The fourth-order valence-electron chi connectivity index (χ4n) is 10.5. The Hall–Kier alpha value is -6.99. The summed E-state index contributed by atoms with van der Waals surface area (Å²) in [5, 5.41) is 0. The summed E-state index contributed by atoms with van der Waals surface area (Å²) in [6.45, 7) is 13.5. The molecule has 0 aliphatic carbocycles. The standard InChI is InChI=1S/C62H48B2O4S2/c1-61(2,3)41-23-25-47-51(29-41)67-53-31-45(65-43-21-13-19-39(27-43)37-15-9-7-10-16-37)33-57-59(53)63(47)49-35-50-56(36-55(49)69-57)70-58-34-46(66-44-22-14-20-40(28-44)38-17-11-8-12-18-38)32-54-60(58)64(50)48-26-24-42(62(4,5)6)30-52(48)68-54/h7-36H,1-6H3. The Labute approximate surface area is 419 Å². The summed E-state index contributed by atoms with van der Waals surface area (Å²) in [4.78, 5) is 4.74. The van der Waals surface area contributed by atoms with Gasteiger partial charge in [0.1, 0.15) is 46.0 Å². The molecule has 0 saturated carbocycles. The van der Waals surface area contributed by atoms with Crippen LogP contribution in [0.4, 0.5) is 0 Å². The van der Waals surface area contributed by atoms with Gasteiger partial charge in [-0.2, -0.15) is 0 Å². The molecule has 0 saturated heterocycles. The van der Waals surface area contributed by atoms with Gasteiger partial charge in [0.2, 0.25) is 0 Å². The number of hydrogen-bond donors (Lipinski definition) is 0. The number of fused-ring (bicyclic) bond motifs is 8. The molecule has 0 amide bonds. The van der Waals surface area contributed by atoms with Gasteiger partial charge >= 0.3 is 0 Å². The lowest BCUT2D eigenvalue weighted by atomic mass is 9.32. The summed E-state index contributed by atoms with van der Waals surface area (Å²) >= 11 is 3.62. The van der Waals surface area contributed by atoms with Crippen molar-refractivity contribution in [1.29, 1.82) is 0 Å². The van der Waals surface area contributed by atoms with Crippen molar-refractivity contribution in [2.75, 3.05) is 0 Å². The van der Waals surface area contributed by atoms with E-state index < -0.39 is 0 Å². The van der Waals surface area contributed by atoms with Crippen LogP contribution in [0.1, 0.15) is 52.7 Å². The van der Waals surface area contributed by atoms with E-state index in [2.05, 4.69) is 199 Å². The van der Waals surface area contributed by atoms with Gasteiger partial charge in [-0.1, -0.05) is 191 Å². The Morgan fingerprint density at radius 3 is 1.20 bits per heavy atom. The molecule has 9 aromatic rings. The average Bonchev–Trinajstić information content (AvgIpc) is 3.35. The van der Waals surface area contributed by atoms with E-state index in [1.807, 2.05) is 47.8 Å². The number of hydrogen-bond acceptors (Lipinski definition) is 6. The van der Waals surface area contributed by atoms with Crippen LogP contribution in [-0.2, 0) is 10.8 Å². The highest BCUT2D eigenvalue weighted by molar-refractivity contribution is 8.01. The van der Waals surface area contributed by atoms with E-state index in [1.54, 1.807) is 0 Å². The van der Waals surface area contributed by atoms with E-state index in [1.165, 1.54) is 53.7 Å². The molecular weight excluding hydrogens is 894 g/mol. The minimum atomic E-state index is -0.0549. The molecule has 4 heterocycles.